The summed E-state index contributed by atoms with van der Waals surface area (Å²) in [5, 5.41) is 3.30. The number of halogens is 3. The lowest BCUT2D eigenvalue weighted by Crippen LogP contribution is -2.23. The normalized spacial score (nSPS) is 14.1. The van der Waals surface area contributed by atoms with E-state index in [2.05, 4.69) is 10.3 Å². The first kappa shape index (κ1) is 13.0. The quantitative estimate of drug-likeness (QED) is 0.866. The van der Waals surface area contributed by atoms with Crippen molar-refractivity contribution in [3.63, 3.8) is 0 Å². The second kappa shape index (κ2) is 4.65. The third kappa shape index (κ3) is 2.51. The summed E-state index contributed by atoms with van der Waals surface area (Å²) >= 11 is 0. The van der Waals surface area contributed by atoms with Gasteiger partial charge in [-0.2, -0.15) is 13.2 Å². The van der Waals surface area contributed by atoms with Gasteiger partial charge in [0, 0.05) is 29.1 Å². The van der Waals surface area contributed by atoms with Crippen LogP contribution in [0.25, 0.3) is 10.9 Å². The minimum Gasteiger partial charge on any atom is -0.358 e. The number of likely N-dealkylation sites (N-methyl/N-ethyl adjacent to an activating group) is 1. The maximum absolute atomic E-state index is 12.8. The molecule has 2 aromatic rings. The summed E-state index contributed by atoms with van der Waals surface area (Å²) in [6.07, 6.45) is -3.64. The van der Waals surface area contributed by atoms with Gasteiger partial charge in [-0.25, -0.2) is 0 Å². The van der Waals surface area contributed by atoms with Gasteiger partial charge in [0.1, 0.15) is 0 Å². The van der Waals surface area contributed by atoms with Crippen LogP contribution in [0.5, 0.6) is 0 Å². The molecule has 1 heterocycles. The van der Waals surface area contributed by atoms with Crippen molar-refractivity contribution >= 4 is 10.9 Å². The first-order valence-corrected chi connectivity index (χ1v) is 5.77. The first-order chi connectivity index (χ1) is 8.41. The highest BCUT2D eigenvalue weighted by Gasteiger charge is 2.32. The summed E-state index contributed by atoms with van der Waals surface area (Å²) in [5.41, 5.74) is 0.756. The maximum Gasteiger partial charge on any atom is 0.417 e. The Morgan fingerprint density at radius 2 is 2.06 bits per heavy atom. The molecule has 0 bridgehead atoms. The second-order valence-corrected chi connectivity index (χ2v) is 4.45. The topological polar surface area (TPSA) is 27.8 Å². The van der Waals surface area contributed by atoms with Crippen molar-refractivity contribution in [2.24, 2.45) is 0 Å². The smallest absolute Gasteiger partial charge is 0.358 e. The van der Waals surface area contributed by atoms with Crippen molar-refractivity contribution in [2.45, 2.75) is 25.6 Å². The van der Waals surface area contributed by atoms with E-state index in [4.69, 9.17) is 0 Å². The maximum atomic E-state index is 12.8. The summed E-state index contributed by atoms with van der Waals surface area (Å²) in [7, 11) is 1.83. The molecule has 0 saturated carbocycles. The number of nitrogens with one attached hydrogen (secondary N) is 2. The number of H-pyrrole nitrogens is 1. The molecule has 0 saturated heterocycles. The molecule has 18 heavy (non-hydrogen) atoms. The van der Waals surface area contributed by atoms with Crippen LogP contribution in [0, 0.1) is 0 Å². The van der Waals surface area contributed by atoms with Gasteiger partial charge in [-0.15, -0.1) is 0 Å². The molecule has 2 rings (SSSR count). The number of hydrogen-bond donors (Lipinski definition) is 2. The van der Waals surface area contributed by atoms with Crippen LogP contribution >= 0.6 is 0 Å². The number of aromatic amines is 1. The van der Waals surface area contributed by atoms with Crippen molar-refractivity contribution in [1.29, 1.82) is 0 Å². The third-order valence-electron chi connectivity index (χ3n) is 3.04. The number of hydrogen-bond acceptors (Lipinski definition) is 1. The van der Waals surface area contributed by atoms with Crippen molar-refractivity contribution < 1.29 is 13.2 Å². The average molecular weight is 256 g/mol. The Bertz CT molecular complexity index is 543. The fraction of sp³-hybridized carbons (Fsp3) is 0.385. The molecule has 0 spiro atoms. The molecule has 0 aliphatic carbocycles. The van der Waals surface area contributed by atoms with E-state index in [-0.39, 0.29) is 11.4 Å². The standard InChI is InChI=1S/C13H15F3N2/c1-8(17-2)6-9-7-10-11(13(14,15)16)4-3-5-12(10)18-9/h3-5,7-8,17-18H,6H2,1-2H3. The molecule has 1 unspecified atom stereocenters. The minimum absolute atomic E-state index is 0.215. The summed E-state index contributed by atoms with van der Waals surface area (Å²) in [6, 6.07) is 6.01. The molecule has 2 N–H and O–H groups in total. The molecule has 0 amide bonds. The monoisotopic (exact) mass is 256 g/mol. The fourth-order valence-electron chi connectivity index (χ4n) is 2.00. The highest BCUT2D eigenvalue weighted by molar-refractivity contribution is 5.84. The molecule has 5 heteroatoms. The highest BCUT2D eigenvalue weighted by Crippen LogP contribution is 2.35. The van der Waals surface area contributed by atoms with Crippen LogP contribution in [-0.2, 0) is 12.6 Å². The van der Waals surface area contributed by atoms with Crippen LogP contribution in [0.3, 0.4) is 0 Å². The van der Waals surface area contributed by atoms with Crippen molar-refractivity contribution in [3.8, 4) is 0 Å². The van der Waals surface area contributed by atoms with E-state index in [1.54, 1.807) is 12.1 Å². The van der Waals surface area contributed by atoms with E-state index >= 15 is 0 Å². The summed E-state index contributed by atoms with van der Waals surface area (Å²) in [6.45, 7) is 1.98. The number of fused-ring (bicyclic) bond motifs is 1. The van der Waals surface area contributed by atoms with Gasteiger partial charge < -0.3 is 10.3 Å². The Balaban J connectivity index is 2.45. The summed E-state index contributed by atoms with van der Waals surface area (Å²) in [4.78, 5) is 3.03. The van der Waals surface area contributed by atoms with E-state index in [0.717, 1.165) is 11.8 Å². The van der Waals surface area contributed by atoms with E-state index in [1.807, 2.05) is 14.0 Å². The molecule has 0 aliphatic rings. The number of rotatable bonds is 3. The molecular formula is C13H15F3N2. The van der Waals surface area contributed by atoms with E-state index < -0.39 is 11.7 Å². The van der Waals surface area contributed by atoms with Gasteiger partial charge in [-0.1, -0.05) is 6.07 Å². The Morgan fingerprint density at radius 3 is 2.67 bits per heavy atom. The zero-order valence-corrected chi connectivity index (χ0v) is 10.2. The Hall–Kier alpha value is -1.49. The molecule has 1 atom stereocenters. The lowest BCUT2D eigenvalue weighted by atomic mass is 10.1. The van der Waals surface area contributed by atoms with Crippen molar-refractivity contribution in [3.05, 3.63) is 35.5 Å². The highest BCUT2D eigenvalue weighted by atomic mass is 19.4. The predicted molar refractivity (Wildman–Crippen MR) is 65.5 cm³/mol. The Labute approximate surface area is 103 Å². The number of alkyl halides is 3. The lowest BCUT2D eigenvalue weighted by molar-refractivity contribution is -0.136. The lowest BCUT2D eigenvalue weighted by Gasteiger charge is -2.07. The fourth-order valence-corrected chi connectivity index (χ4v) is 2.00. The predicted octanol–water partition coefficient (Wildman–Crippen LogP) is 3.34. The number of benzene rings is 1. The summed E-state index contributed by atoms with van der Waals surface area (Å²) in [5.74, 6) is 0. The van der Waals surface area contributed by atoms with E-state index in [1.165, 1.54) is 6.07 Å². The SMILES string of the molecule is CNC(C)Cc1cc2c(C(F)(F)F)cccc2[nH]1. The van der Waals surface area contributed by atoms with Crippen LogP contribution in [0.2, 0.25) is 0 Å². The Morgan fingerprint density at radius 1 is 1.33 bits per heavy atom. The van der Waals surface area contributed by atoms with Crippen LogP contribution < -0.4 is 5.32 Å². The molecule has 98 valence electrons. The van der Waals surface area contributed by atoms with Gasteiger partial charge in [-0.05, 0) is 32.2 Å². The van der Waals surface area contributed by atoms with Crippen molar-refractivity contribution in [1.82, 2.24) is 10.3 Å². The van der Waals surface area contributed by atoms with Gasteiger partial charge in [0.25, 0.3) is 0 Å². The first-order valence-electron chi connectivity index (χ1n) is 5.77. The van der Waals surface area contributed by atoms with E-state index in [9.17, 15) is 13.2 Å². The minimum atomic E-state index is -4.31. The molecule has 0 radical (unpaired) electrons. The second-order valence-electron chi connectivity index (χ2n) is 4.45. The van der Waals surface area contributed by atoms with Gasteiger partial charge in [-0.3, -0.25) is 0 Å². The van der Waals surface area contributed by atoms with Gasteiger partial charge >= 0.3 is 6.18 Å². The van der Waals surface area contributed by atoms with E-state index in [0.29, 0.717) is 11.9 Å². The van der Waals surface area contributed by atoms with Crippen molar-refractivity contribution in [2.75, 3.05) is 7.05 Å². The largest absolute Gasteiger partial charge is 0.417 e. The van der Waals surface area contributed by atoms with Gasteiger partial charge in [0.2, 0.25) is 0 Å². The van der Waals surface area contributed by atoms with Crippen LogP contribution in [0.1, 0.15) is 18.2 Å². The van der Waals surface area contributed by atoms with Gasteiger partial charge in [0.15, 0.2) is 0 Å². The molecule has 1 aromatic heterocycles. The Kier molecular flexibility index (Phi) is 3.34. The van der Waals surface area contributed by atoms with Gasteiger partial charge in [0.05, 0.1) is 5.56 Å². The van der Waals surface area contributed by atoms with Crippen LogP contribution in [-0.4, -0.2) is 18.1 Å². The average Bonchev–Trinajstić information content (AvgIpc) is 2.68. The number of aromatic nitrogens is 1. The van der Waals surface area contributed by atoms with Crippen LogP contribution in [0.15, 0.2) is 24.3 Å². The summed E-state index contributed by atoms with van der Waals surface area (Å²) < 4.78 is 38.5. The molecule has 0 fully saturated rings. The molecule has 0 aliphatic heterocycles. The zero-order chi connectivity index (χ0) is 13.3. The molecular weight excluding hydrogens is 241 g/mol. The third-order valence-corrected chi connectivity index (χ3v) is 3.04. The zero-order valence-electron chi connectivity index (χ0n) is 10.2. The molecule has 2 nitrogen and oxygen atoms in total. The molecule has 1 aromatic carbocycles. The van der Waals surface area contributed by atoms with Crippen LogP contribution in [0.4, 0.5) is 13.2 Å².